The molecule has 0 rings (SSSR count). The number of carboxylic acid groups (broad SMARTS) is 1. The fourth-order valence-electron chi connectivity index (χ4n) is 8.34. The number of unbranched alkanes of at least 4 members (excludes halogenated alkanes) is 37. The van der Waals surface area contributed by atoms with Crippen LogP contribution in [-0.4, -0.2) is 60.5 Å². The molecule has 0 heterocycles. The average Bonchev–Trinajstić information content (AvgIpc) is 3.31. The van der Waals surface area contributed by atoms with E-state index in [1.54, 1.807) is 0 Å². The van der Waals surface area contributed by atoms with Crippen molar-refractivity contribution in [1.82, 2.24) is 0 Å². The second-order valence-electron chi connectivity index (χ2n) is 19.4. The van der Waals surface area contributed by atoms with Gasteiger partial charge < -0.3 is 25.2 Å². The maximum absolute atomic E-state index is 12.7. The first kappa shape index (κ1) is 65.5. The molecule has 0 aliphatic rings. The highest BCUT2D eigenvalue weighted by atomic mass is 31.2. The topological polar surface area (TPSA) is 155 Å². The number of carboxylic acids is 1. The molecule has 67 heavy (non-hydrogen) atoms. The van der Waals surface area contributed by atoms with Crippen molar-refractivity contribution < 1.29 is 42.7 Å². The predicted octanol–water partition coefficient (Wildman–Crippen LogP) is 17.0. The molecule has 0 aliphatic carbocycles. The first-order chi connectivity index (χ1) is 32.7. The largest absolute Gasteiger partial charge is 0.480 e. The quantitative estimate of drug-likeness (QED) is 0.0232. The fraction of sp³-hybridized carbons (Fsp3) is 0.893. The molecule has 0 radical (unpaired) electrons. The number of nitrogens with two attached hydrogens (primary N) is 1. The molecular formula is C56H108NO9P. The van der Waals surface area contributed by atoms with Gasteiger partial charge in [-0.1, -0.05) is 256 Å². The van der Waals surface area contributed by atoms with Crippen molar-refractivity contribution in [3.05, 3.63) is 24.3 Å². The van der Waals surface area contributed by atoms with E-state index in [9.17, 15) is 19.0 Å². The Balaban J connectivity index is 4.05. The standard InChI is InChI=1S/C56H108NO9P/c1-3-5-7-9-11-13-15-17-19-21-23-25-26-27-29-31-33-35-37-39-41-43-45-47-49-63-50-53(51-64-67(61,62)65-52-54(57)56(59)60)66-55(58)48-46-44-42-40-38-36-34-32-30-28-24-22-20-18-16-14-12-10-8-6-4-2/h16,18,22,24,53-54H,3-15,17,19-21,23,25-52,57H2,1-2H3,(H,59,60)(H,61,62)/b18-16-,24-22-. The Hall–Kier alpha value is -1.55. The number of carbonyl (C=O) groups excluding carboxylic acids is 1. The molecule has 0 saturated heterocycles. The number of esters is 1. The highest BCUT2D eigenvalue weighted by Crippen LogP contribution is 2.43. The molecule has 0 bridgehead atoms. The number of rotatable bonds is 55. The van der Waals surface area contributed by atoms with Gasteiger partial charge in [-0.3, -0.25) is 18.6 Å². The Morgan fingerprint density at radius 3 is 1.21 bits per heavy atom. The monoisotopic (exact) mass is 970 g/mol. The lowest BCUT2D eigenvalue weighted by Gasteiger charge is -2.20. The van der Waals surface area contributed by atoms with Crippen LogP contribution in [0.1, 0.15) is 284 Å². The summed E-state index contributed by atoms with van der Waals surface area (Å²) in [5.41, 5.74) is 5.39. The zero-order chi connectivity index (χ0) is 49.0. The Morgan fingerprint density at radius 2 is 0.821 bits per heavy atom. The summed E-state index contributed by atoms with van der Waals surface area (Å²) in [6.45, 7) is 3.94. The van der Waals surface area contributed by atoms with Gasteiger partial charge in [0.1, 0.15) is 12.1 Å². The van der Waals surface area contributed by atoms with Crippen molar-refractivity contribution in [3.63, 3.8) is 0 Å². The highest BCUT2D eigenvalue weighted by molar-refractivity contribution is 7.47. The second kappa shape index (κ2) is 52.3. The van der Waals surface area contributed by atoms with Crippen molar-refractivity contribution in [3.8, 4) is 0 Å². The van der Waals surface area contributed by atoms with E-state index in [0.29, 0.717) is 13.0 Å². The second-order valence-corrected chi connectivity index (χ2v) is 20.9. The molecule has 0 fully saturated rings. The van der Waals surface area contributed by atoms with E-state index in [1.807, 2.05) is 0 Å². The minimum absolute atomic E-state index is 0.0205. The maximum atomic E-state index is 12.7. The molecule has 0 saturated carbocycles. The van der Waals surface area contributed by atoms with E-state index in [2.05, 4.69) is 38.2 Å². The fourth-order valence-corrected chi connectivity index (χ4v) is 9.12. The van der Waals surface area contributed by atoms with Gasteiger partial charge in [0.2, 0.25) is 0 Å². The van der Waals surface area contributed by atoms with Crippen molar-refractivity contribution in [2.45, 2.75) is 296 Å². The molecule has 11 heteroatoms. The molecular weight excluding hydrogens is 862 g/mol. The number of carbonyl (C=O) groups is 2. The van der Waals surface area contributed by atoms with E-state index in [4.69, 9.17) is 29.4 Å². The van der Waals surface area contributed by atoms with Crippen molar-refractivity contribution in [1.29, 1.82) is 0 Å². The number of allylic oxidation sites excluding steroid dienone is 4. The molecule has 396 valence electrons. The van der Waals surface area contributed by atoms with Crippen molar-refractivity contribution in [2.75, 3.05) is 26.4 Å². The summed E-state index contributed by atoms with van der Waals surface area (Å²) in [7, 11) is -4.62. The summed E-state index contributed by atoms with van der Waals surface area (Å²) in [5, 5.41) is 8.95. The normalized spacial score (nSPS) is 13.7. The van der Waals surface area contributed by atoms with E-state index in [0.717, 1.165) is 51.4 Å². The number of aliphatic carboxylic acids is 1. The summed E-state index contributed by atoms with van der Waals surface area (Å²) < 4.78 is 33.6. The van der Waals surface area contributed by atoms with Gasteiger partial charge in [-0.25, -0.2) is 4.57 Å². The van der Waals surface area contributed by atoms with Crippen LogP contribution in [0.25, 0.3) is 0 Å². The van der Waals surface area contributed by atoms with Crippen LogP contribution in [0.5, 0.6) is 0 Å². The Labute approximate surface area is 413 Å². The molecule has 0 aromatic rings. The van der Waals surface area contributed by atoms with E-state index >= 15 is 0 Å². The van der Waals surface area contributed by atoms with Crippen LogP contribution in [0.2, 0.25) is 0 Å². The van der Waals surface area contributed by atoms with Crippen LogP contribution in [0.3, 0.4) is 0 Å². The van der Waals surface area contributed by atoms with Crippen LogP contribution < -0.4 is 5.73 Å². The highest BCUT2D eigenvalue weighted by Gasteiger charge is 2.27. The number of phosphoric ester groups is 1. The van der Waals surface area contributed by atoms with Crippen molar-refractivity contribution in [2.24, 2.45) is 5.73 Å². The average molecular weight is 970 g/mol. The zero-order valence-corrected chi connectivity index (χ0v) is 44.7. The molecule has 0 aromatic carbocycles. The molecule has 4 N–H and O–H groups in total. The van der Waals surface area contributed by atoms with Crippen LogP contribution in [0.4, 0.5) is 0 Å². The summed E-state index contributed by atoms with van der Waals surface area (Å²) in [4.78, 5) is 33.8. The summed E-state index contributed by atoms with van der Waals surface area (Å²) in [6.07, 6.45) is 61.0. The molecule has 3 atom stereocenters. The third-order valence-corrected chi connectivity index (χ3v) is 13.7. The molecule has 0 spiro atoms. The Kier molecular flexibility index (Phi) is 51.1. The molecule has 0 amide bonds. The molecule has 3 unspecified atom stereocenters. The summed E-state index contributed by atoms with van der Waals surface area (Å²) >= 11 is 0. The lowest BCUT2D eigenvalue weighted by atomic mass is 10.0. The smallest absolute Gasteiger partial charge is 0.472 e. The molecule has 0 aromatic heterocycles. The number of hydrogen-bond donors (Lipinski definition) is 3. The van der Waals surface area contributed by atoms with Crippen LogP contribution in [0.15, 0.2) is 24.3 Å². The third-order valence-electron chi connectivity index (χ3n) is 12.7. The minimum atomic E-state index is -4.62. The lowest BCUT2D eigenvalue weighted by molar-refractivity contribution is -0.154. The predicted molar refractivity (Wildman–Crippen MR) is 282 cm³/mol. The van der Waals surface area contributed by atoms with Gasteiger partial charge >= 0.3 is 19.8 Å². The molecule has 0 aliphatic heterocycles. The third kappa shape index (κ3) is 52.1. The number of phosphoric acid groups is 1. The Bertz CT molecular complexity index is 1170. The summed E-state index contributed by atoms with van der Waals surface area (Å²) in [6, 6.07) is -1.47. The number of hydrogen-bond acceptors (Lipinski definition) is 8. The van der Waals surface area contributed by atoms with Gasteiger partial charge in [-0.2, -0.15) is 0 Å². The Morgan fingerprint density at radius 1 is 0.478 bits per heavy atom. The van der Waals surface area contributed by atoms with E-state index in [-0.39, 0.29) is 13.0 Å². The zero-order valence-electron chi connectivity index (χ0n) is 43.8. The van der Waals surface area contributed by atoms with E-state index < -0.39 is 45.1 Å². The van der Waals surface area contributed by atoms with Gasteiger partial charge in [0, 0.05) is 13.0 Å². The number of ether oxygens (including phenoxy) is 2. The van der Waals surface area contributed by atoms with Gasteiger partial charge in [0.15, 0.2) is 0 Å². The van der Waals surface area contributed by atoms with Crippen LogP contribution >= 0.6 is 7.82 Å². The molecule has 10 nitrogen and oxygen atoms in total. The first-order valence-corrected chi connectivity index (χ1v) is 29.9. The minimum Gasteiger partial charge on any atom is -0.480 e. The maximum Gasteiger partial charge on any atom is 0.472 e. The lowest BCUT2D eigenvalue weighted by Crippen LogP contribution is -2.34. The van der Waals surface area contributed by atoms with Gasteiger partial charge in [-0.05, 0) is 44.9 Å². The van der Waals surface area contributed by atoms with E-state index in [1.165, 1.54) is 205 Å². The first-order valence-electron chi connectivity index (χ1n) is 28.4. The van der Waals surface area contributed by atoms with Gasteiger partial charge in [0.05, 0.1) is 19.8 Å². The van der Waals surface area contributed by atoms with Gasteiger partial charge in [-0.15, -0.1) is 0 Å². The van der Waals surface area contributed by atoms with Crippen molar-refractivity contribution >= 4 is 19.8 Å². The summed E-state index contributed by atoms with van der Waals surface area (Å²) in [5.74, 6) is -1.77. The van der Waals surface area contributed by atoms with Gasteiger partial charge in [0.25, 0.3) is 0 Å². The van der Waals surface area contributed by atoms with Crippen LogP contribution in [0, 0.1) is 0 Å². The SMILES string of the molecule is CCCCCCC/C=C\C/C=C\CCCCCCCCCCCC(=O)OC(COCCCCCCCCCCCCCCCCCCCCCCCCCC)COP(=O)(O)OCC(N)C(=O)O. The van der Waals surface area contributed by atoms with Crippen LogP contribution in [-0.2, 0) is 32.7 Å².